The summed E-state index contributed by atoms with van der Waals surface area (Å²) in [6, 6.07) is -1.51. The molecule has 0 aromatic rings. The highest BCUT2D eigenvalue weighted by Crippen LogP contribution is 2.24. The Morgan fingerprint density at radius 3 is 2.35 bits per heavy atom. The van der Waals surface area contributed by atoms with E-state index in [4.69, 9.17) is 5.11 Å². The number of rotatable bonds is 4. The molecule has 1 rings (SSSR count). The van der Waals surface area contributed by atoms with Gasteiger partial charge in [0.15, 0.2) is 0 Å². The highest BCUT2D eigenvalue weighted by molar-refractivity contribution is 5.86. The number of amides is 3. The lowest BCUT2D eigenvalue weighted by Gasteiger charge is -2.29. The van der Waals surface area contributed by atoms with Crippen LogP contribution in [0.15, 0.2) is 0 Å². The normalized spacial score (nSPS) is 23.6. The Balaban J connectivity index is 2.52. The maximum atomic E-state index is 11.8. The van der Waals surface area contributed by atoms with Gasteiger partial charge < -0.3 is 20.6 Å². The van der Waals surface area contributed by atoms with Crippen molar-refractivity contribution in [2.75, 3.05) is 14.1 Å². The van der Waals surface area contributed by atoms with Crippen LogP contribution >= 0.6 is 0 Å². The van der Waals surface area contributed by atoms with Gasteiger partial charge in [0.25, 0.3) is 0 Å². The number of aliphatic carboxylic acids is 1. The summed E-state index contributed by atoms with van der Waals surface area (Å²) in [6.45, 7) is 1.59. The molecule has 1 saturated carbocycles. The third kappa shape index (κ3) is 4.40. The van der Waals surface area contributed by atoms with Gasteiger partial charge in [0.05, 0.1) is 5.92 Å². The number of urea groups is 1. The van der Waals surface area contributed by atoms with Crippen molar-refractivity contribution < 1.29 is 19.5 Å². The second-order valence-corrected chi connectivity index (χ2v) is 5.41. The predicted octanol–water partition coefficient (Wildman–Crippen LogP) is 0.406. The minimum atomic E-state index is -0.882. The molecule has 20 heavy (non-hydrogen) atoms. The Morgan fingerprint density at radius 1 is 1.20 bits per heavy atom. The first-order valence-electron chi connectivity index (χ1n) is 6.84. The number of hydrogen-bond acceptors (Lipinski definition) is 3. The van der Waals surface area contributed by atoms with Crippen LogP contribution in [-0.2, 0) is 9.59 Å². The lowest BCUT2D eigenvalue weighted by Crippen LogP contribution is -2.53. The molecule has 3 N–H and O–H groups in total. The smallest absolute Gasteiger partial charge is 0.315 e. The van der Waals surface area contributed by atoms with Gasteiger partial charge in [-0.1, -0.05) is 12.8 Å². The van der Waals surface area contributed by atoms with Crippen molar-refractivity contribution in [3.63, 3.8) is 0 Å². The van der Waals surface area contributed by atoms with Gasteiger partial charge in [-0.3, -0.25) is 9.59 Å². The Bertz CT molecular complexity index is 384. The van der Waals surface area contributed by atoms with Crippen molar-refractivity contribution in [1.29, 1.82) is 0 Å². The fourth-order valence-electron chi connectivity index (χ4n) is 2.45. The van der Waals surface area contributed by atoms with E-state index in [0.29, 0.717) is 12.8 Å². The van der Waals surface area contributed by atoms with E-state index in [1.54, 1.807) is 21.0 Å². The Labute approximate surface area is 118 Å². The first kappa shape index (κ1) is 16.3. The van der Waals surface area contributed by atoms with Gasteiger partial charge in [0, 0.05) is 20.1 Å². The van der Waals surface area contributed by atoms with E-state index in [0.717, 1.165) is 12.8 Å². The summed E-state index contributed by atoms with van der Waals surface area (Å²) in [6.07, 6.45) is 3.00. The second kappa shape index (κ2) is 7.12. The fourth-order valence-corrected chi connectivity index (χ4v) is 2.45. The molecule has 3 unspecified atom stereocenters. The molecular weight excluding hydrogens is 262 g/mol. The van der Waals surface area contributed by atoms with Gasteiger partial charge in [-0.25, -0.2) is 4.79 Å². The first-order chi connectivity index (χ1) is 9.32. The number of likely N-dealkylation sites (N-methyl/N-ethyl adjacent to an activating group) is 1. The minimum Gasteiger partial charge on any atom is -0.481 e. The molecule has 0 radical (unpaired) electrons. The molecule has 114 valence electrons. The number of hydrogen-bond donors (Lipinski definition) is 3. The average Bonchev–Trinajstić information content (AvgIpc) is 2.37. The average molecular weight is 285 g/mol. The summed E-state index contributed by atoms with van der Waals surface area (Å²) in [4.78, 5) is 36.0. The number of carbonyl (C=O) groups excluding carboxylic acids is 2. The molecule has 1 fully saturated rings. The zero-order chi connectivity index (χ0) is 15.3. The zero-order valence-corrected chi connectivity index (χ0v) is 12.2. The molecule has 0 bridgehead atoms. The summed E-state index contributed by atoms with van der Waals surface area (Å²) in [5, 5.41) is 14.3. The number of nitrogens with zero attached hydrogens (tertiary/aromatic N) is 1. The van der Waals surface area contributed by atoms with E-state index in [-0.39, 0.29) is 11.9 Å². The van der Waals surface area contributed by atoms with Gasteiger partial charge >= 0.3 is 12.0 Å². The second-order valence-electron chi connectivity index (χ2n) is 5.41. The van der Waals surface area contributed by atoms with E-state index in [2.05, 4.69) is 10.6 Å². The van der Waals surface area contributed by atoms with Crippen LogP contribution in [0.4, 0.5) is 4.79 Å². The van der Waals surface area contributed by atoms with Crippen molar-refractivity contribution >= 4 is 17.9 Å². The molecule has 3 atom stereocenters. The van der Waals surface area contributed by atoms with E-state index in [1.165, 1.54) is 4.90 Å². The van der Waals surface area contributed by atoms with Gasteiger partial charge in [0.1, 0.15) is 6.04 Å². The van der Waals surface area contributed by atoms with E-state index >= 15 is 0 Å². The number of nitrogens with one attached hydrogen (secondary N) is 2. The van der Waals surface area contributed by atoms with Crippen LogP contribution in [0.25, 0.3) is 0 Å². The van der Waals surface area contributed by atoms with Gasteiger partial charge in [-0.15, -0.1) is 0 Å². The van der Waals surface area contributed by atoms with Crippen LogP contribution in [0.2, 0.25) is 0 Å². The molecule has 0 spiro atoms. The van der Waals surface area contributed by atoms with Crippen LogP contribution in [0.3, 0.4) is 0 Å². The van der Waals surface area contributed by atoms with Crippen molar-refractivity contribution in [1.82, 2.24) is 15.5 Å². The summed E-state index contributed by atoms with van der Waals surface area (Å²) in [7, 11) is 3.22. The van der Waals surface area contributed by atoms with Crippen LogP contribution in [0.5, 0.6) is 0 Å². The topological polar surface area (TPSA) is 98.7 Å². The third-order valence-electron chi connectivity index (χ3n) is 3.56. The fraction of sp³-hybridized carbons (Fsp3) is 0.769. The van der Waals surface area contributed by atoms with Crippen molar-refractivity contribution in [3.05, 3.63) is 0 Å². The number of carboxylic acids is 1. The zero-order valence-electron chi connectivity index (χ0n) is 12.2. The van der Waals surface area contributed by atoms with Crippen molar-refractivity contribution in [2.45, 2.75) is 44.7 Å². The molecule has 0 aromatic carbocycles. The van der Waals surface area contributed by atoms with E-state index in [9.17, 15) is 14.4 Å². The van der Waals surface area contributed by atoms with E-state index in [1.807, 2.05) is 0 Å². The maximum absolute atomic E-state index is 11.8. The third-order valence-corrected chi connectivity index (χ3v) is 3.56. The number of carbonyl (C=O) groups is 3. The lowest BCUT2D eigenvalue weighted by atomic mass is 9.84. The molecule has 1 aliphatic rings. The van der Waals surface area contributed by atoms with Crippen LogP contribution in [0.1, 0.15) is 32.6 Å². The summed E-state index contributed by atoms with van der Waals surface area (Å²) < 4.78 is 0. The molecule has 0 aliphatic heterocycles. The van der Waals surface area contributed by atoms with Crippen LogP contribution in [0, 0.1) is 5.92 Å². The van der Waals surface area contributed by atoms with Crippen LogP contribution in [-0.4, -0.2) is 54.1 Å². The van der Waals surface area contributed by atoms with Gasteiger partial charge in [0.2, 0.25) is 5.91 Å². The highest BCUT2D eigenvalue weighted by Gasteiger charge is 2.32. The van der Waals surface area contributed by atoms with Gasteiger partial charge in [-0.2, -0.15) is 0 Å². The van der Waals surface area contributed by atoms with Crippen molar-refractivity contribution in [3.8, 4) is 0 Å². The molecule has 0 heterocycles. The molecule has 0 saturated heterocycles. The van der Waals surface area contributed by atoms with E-state index < -0.39 is 24.0 Å². The number of carboxylic acid groups (broad SMARTS) is 1. The molecule has 7 nitrogen and oxygen atoms in total. The molecule has 1 aliphatic carbocycles. The standard InChI is InChI=1S/C13H23N3O4/c1-8(11(17)16(2)3)14-13(20)15-10-7-5-4-6-9(10)12(18)19/h8-10H,4-7H2,1-3H3,(H,18,19)(H2,14,15,20). The van der Waals surface area contributed by atoms with Gasteiger partial charge in [-0.05, 0) is 19.8 Å². The monoisotopic (exact) mass is 285 g/mol. The molecule has 0 aromatic heterocycles. The van der Waals surface area contributed by atoms with Crippen LogP contribution < -0.4 is 10.6 Å². The summed E-state index contributed by atoms with van der Waals surface area (Å²) in [5.74, 6) is -1.64. The summed E-state index contributed by atoms with van der Waals surface area (Å²) >= 11 is 0. The lowest BCUT2D eigenvalue weighted by molar-refractivity contribution is -0.143. The SMILES string of the molecule is CC(NC(=O)NC1CCCCC1C(=O)O)C(=O)N(C)C. The molecule has 7 heteroatoms. The molecule has 3 amide bonds. The predicted molar refractivity (Wildman–Crippen MR) is 73.2 cm³/mol. The maximum Gasteiger partial charge on any atom is 0.315 e. The Kier molecular flexibility index (Phi) is 5.79. The summed E-state index contributed by atoms with van der Waals surface area (Å²) in [5.41, 5.74) is 0. The highest BCUT2D eigenvalue weighted by atomic mass is 16.4. The van der Waals surface area contributed by atoms with Crippen molar-refractivity contribution in [2.24, 2.45) is 5.92 Å². The quantitative estimate of drug-likeness (QED) is 0.696. The Morgan fingerprint density at radius 2 is 1.80 bits per heavy atom. The largest absolute Gasteiger partial charge is 0.481 e. The first-order valence-corrected chi connectivity index (χ1v) is 6.84. The minimum absolute atomic E-state index is 0.210. The molecular formula is C13H23N3O4. The Hall–Kier alpha value is -1.79.